The maximum absolute atomic E-state index is 11.8. The Balaban J connectivity index is 1.71. The molecular formula is C25H29N5O2S. The SMILES string of the molecule is COC(=O)c1ccc(-n2cccc2[C@H]2[C@@H](c3ccccn3)NC(=S)N2CCCN(C)C)cc1. The average molecular weight is 464 g/mol. The fourth-order valence-electron chi connectivity index (χ4n) is 4.27. The third-order valence-corrected chi connectivity index (χ3v) is 6.20. The van der Waals surface area contributed by atoms with Crippen molar-refractivity contribution in [1.29, 1.82) is 0 Å². The fourth-order valence-corrected chi connectivity index (χ4v) is 4.60. The van der Waals surface area contributed by atoms with Gasteiger partial charge in [-0.2, -0.15) is 0 Å². The average Bonchev–Trinajstić information content (AvgIpc) is 3.43. The monoisotopic (exact) mass is 463 g/mol. The van der Waals surface area contributed by atoms with Crippen LogP contribution in [-0.4, -0.2) is 64.7 Å². The first-order valence-corrected chi connectivity index (χ1v) is 11.4. The summed E-state index contributed by atoms with van der Waals surface area (Å²) in [5.74, 6) is -0.345. The van der Waals surface area contributed by atoms with Crippen molar-refractivity contribution >= 4 is 23.3 Å². The van der Waals surface area contributed by atoms with Crippen molar-refractivity contribution in [2.24, 2.45) is 0 Å². The van der Waals surface area contributed by atoms with Crippen LogP contribution in [-0.2, 0) is 4.74 Å². The van der Waals surface area contributed by atoms with Crippen LogP contribution in [0, 0.1) is 0 Å². The molecule has 0 radical (unpaired) electrons. The molecule has 0 unspecified atom stereocenters. The number of nitrogens with zero attached hydrogens (tertiary/aromatic N) is 4. The number of pyridine rings is 1. The number of hydrogen-bond donors (Lipinski definition) is 1. The Labute approximate surface area is 200 Å². The van der Waals surface area contributed by atoms with E-state index in [0.717, 1.165) is 41.7 Å². The molecule has 4 rings (SSSR count). The summed E-state index contributed by atoms with van der Waals surface area (Å²) in [6.07, 6.45) is 4.85. The van der Waals surface area contributed by atoms with E-state index >= 15 is 0 Å². The lowest BCUT2D eigenvalue weighted by Crippen LogP contribution is -2.33. The molecule has 1 saturated heterocycles. The second kappa shape index (κ2) is 10.1. The minimum absolute atomic E-state index is 0.0233. The highest BCUT2D eigenvalue weighted by Crippen LogP contribution is 2.39. The first kappa shape index (κ1) is 22.9. The Morgan fingerprint density at radius 3 is 2.61 bits per heavy atom. The van der Waals surface area contributed by atoms with Crippen molar-refractivity contribution in [3.8, 4) is 5.69 Å². The third-order valence-electron chi connectivity index (χ3n) is 5.85. The summed E-state index contributed by atoms with van der Waals surface area (Å²) >= 11 is 5.78. The number of thiocarbonyl (C=S) groups is 1. The Morgan fingerprint density at radius 2 is 1.94 bits per heavy atom. The Bertz CT molecular complexity index is 1100. The molecule has 172 valence electrons. The molecule has 3 heterocycles. The van der Waals surface area contributed by atoms with E-state index in [1.165, 1.54) is 7.11 Å². The van der Waals surface area contributed by atoms with Crippen LogP contribution in [0.5, 0.6) is 0 Å². The van der Waals surface area contributed by atoms with Gasteiger partial charge in [0.25, 0.3) is 0 Å². The summed E-state index contributed by atoms with van der Waals surface area (Å²) in [6.45, 7) is 1.82. The molecule has 1 fully saturated rings. The molecule has 1 aliphatic rings. The van der Waals surface area contributed by atoms with Crippen LogP contribution in [0.3, 0.4) is 0 Å². The van der Waals surface area contributed by atoms with E-state index < -0.39 is 0 Å². The molecule has 1 aromatic carbocycles. The molecule has 0 aliphatic carbocycles. The highest BCUT2D eigenvalue weighted by molar-refractivity contribution is 7.80. The maximum Gasteiger partial charge on any atom is 0.337 e. The van der Waals surface area contributed by atoms with E-state index in [4.69, 9.17) is 17.0 Å². The molecular weight excluding hydrogens is 434 g/mol. The zero-order valence-corrected chi connectivity index (χ0v) is 20.0. The number of ether oxygens (including phenoxy) is 1. The van der Waals surface area contributed by atoms with Gasteiger partial charge in [0.2, 0.25) is 0 Å². The van der Waals surface area contributed by atoms with Gasteiger partial charge in [-0.15, -0.1) is 0 Å². The molecule has 7 nitrogen and oxygen atoms in total. The van der Waals surface area contributed by atoms with E-state index in [9.17, 15) is 4.79 Å². The standard InChI is InChI=1S/C25H29N5O2S/c1-28(2)15-7-17-30-23(22(27-25(30)33)20-8-4-5-14-26-20)21-9-6-16-29(21)19-12-10-18(11-13-19)24(31)32-3/h4-6,8-14,16,22-23H,7,15,17H2,1-3H3,(H,27,33)/t22-,23+/m1/s1. The van der Waals surface area contributed by atoms with Gasteiger partial charge < -0.3 is 24.4 Å². The van der Waals surface area contributed by atoms with E-state index in [0.29, 0.717) is 5.56 Å². The Hall–Kier alpha value is -3.23. The number of carbonyl (C=O) groups is 1. The summed E-state index contributed by atoms with van der Waals surface area (Å²) in [6, 6.07) is 17.5. The van der Waals surface area contributed by atoms with Crippen LogP contribution in [0.4, 0.5) is 0 Å². The topological polar surface area (TPSA) is 62.6 Å². The summed E-state index contributed by atoms with van der Waals surface area (Å²) in [5.41, 5.74) is 3.55. The molecule has 1 N–H and O–H groups in total. The van der Waals surface area contributed by atoms with Crippen molar-refractivity contribution in [3.05, 3.63) is 83.9 Å². The van der Waals surface area contributed by atoms with Crippen molar-refractivity contribution in [3.63, 3.8) is 0 Å². The first-order chi connectivity index (χ1) is 16.0. The largest absolute Gasteiger partial charge is 0.465 e. The molecule has 33 heavy (non-hydrogen) atoms. The minimum Gasteiger partial charge on any atom is -0.465 e. The highest BCUT2D eigenvalue weighted by Gasteiger charge is 2.40. The van der Waals surface area contributed by atoms with Crippen LogP contribution in [0.1, 0.15) is 40.3 Å². The van der Waals surface area contributed by atoms with Gasteiger partial charge in [-0.3, -0.25) is 4.98 Å². The Kier molecular flexibility index (Phi) is 7.05. The van der Waals surface area contributed by atoms with Crippen LogP contribution in [0.15, 0.2) is 67.0 Å². The molecule has 8 heteroatoms. The van der Waals surface area contributed by atoms with Gasteiger partial charge >= 0.3 is 5.97 Å². The molecule has 0 amide bonds. The molecule has 3 aromatic rings. The lowest BCUT2D eigenvalue weighted by atomic mass is 10.0. The van der Waals surface area contributed by atoms with Gasteiger partial charge in [0.1, 0.15) is 0 Å². The molecule has 2 aromatic heterocycles. The second-order valence-electron chi connectivity index (χ2n) is 8.32. The zero-order chi connectivity index (χ0) is 23.4. The van der Waals surface area contributed by atoms with Crippen molar-refractivity contribution in [2.75, 3.05) is 34.3 Å². The second-order valence-corrected chi connectivity index (χ2v) is 8.71. The number of nitrogens with one attached hydrogen (secondary N) is 1. The summed E-state index contributed by atoms with van der Waals surface area (Å²) in [5, 5.41) is 4.25. The number of aromatic nitrogens is 2. The van der Waals surface area contributed by atoms with E-state index in [-0.39, 0.29) is 18.1 Å². The van der Waals surface area contributed by atoms with Gasteiger partial charge in [0, 0.05) is 30.3 Å². The number of benzene rings is 1. The summed E-state index contributed by atoms with van der Waals surface area (Å²) in [7, 11) is 5.55. The lowest BCUT2D eigenvalue weighted by molar-refractivity contribution is 0.0600. The first-order valence-electron chi connectivity index (χ1n) is 11.0. The van der Waals surface area contributed by atoms with E-state index in [2.05, 4.69) is 44.8 Å². The number of rotatable bonds is 8. The summed E-state index contributed by atoms with van der Waals surface area (Å²) in [4.78, 5) is 20.9. The van der Waals surface area contributed by atoms with Crippen molar-refractivity contribution in [1.82, 2.24) is 24.7 Å². The number of methoxy groups -OCH3 is 1. The number of carbonyl (C=O) groups excluding carboxylic acids is 1. The van der Waals surface area contributed by atoms with Crippen molar-refractivity contribution in [2.45, 2.75) is 18.5 Å². The Morgan fingerprint density at radius 1 is 1.15 bits per heavy atom. The normalized spacial score (nSPS) is 17.9. The van der Waals surface area contributed by atoms with Crippen LogP contribution in [0.2, 0.25) is 0 Å². The van der Waals surface area contributed by atoms with Gasteiger partial charge in [-0.05, 0) is 87.8 Å². The zero-order valence-electron chi connectivity index (χ0n) is 19.1. The van der Waals surface area contributed by atoms with Crippen LogP contribution < -0.4 is 5.32 Å². The molecule has 1 aliphatic heterocycles. The lowest BCUT2D eigenvalue weighted by Gasteiger charge is -2.29. The van der Waals surface area contributed by atoms with Gasteiger partial charge in [0.05, 0.1) is 30.5 Å². The highest BCUT2D eigenvalue weighted by atomic mass is 32.1. The maximum atomic E-state index is 11.8. The van der Waals surface area contributed by atoms with Gasteiger partial charge in [0.15, 0.2) is 5.11 Å². The van der Waals surface area contributed by atoms with Gasteiger partial charge in [-0.25, -0.2) is 4.79 Å². The third kappa shape index (κ3) is 4.91. The van der Waals surface area contributed by atoms with Crippen molar-refractivity contribution < 1.29 is 9.53 Å². The number of hydrogen-bond acceptors (Lipinski definition) is 5. The molecule has 0 bridgehead atoms. The fraction of sp³-hybridized carbons (Fsp3) is 0.320. The summed E-state index contributed by atoms with van der Waals surface area (Å²) < 4.78 is 6.98. The predicted octanol–water partition coefficient (Wildman–Crippen LogP) is 3.58. The van der Waals surface area contributed by atoms with Crippen LogP contribution in [0.25, 0.3) is 5.69 Å². The molecule has 0 saturated carbocycles. The molecule has 2 atom stereocenters. The quantitative estimate of drug-likeness (QED) is 0.405. The minimum atomic E-state index is -0.345. The van der Waals surface area contributed by atoms with Gasteiger partial charge in [-0.1, -0.05) is 6.07 Å². The molecule has 0 spiro atoms. The number of esters is 1. The smallest absolute Gasteiger partial charge is 0.337 e. The predicted molar refractivity (Wildman–Crippen MR) is 132 cm³/mol. The van der Waals surface area contributed by atoms with E-state index in [1.54, 1.807) is 12.1 Å². The van der Waals surface area contributed by atoms with Crippen LogP contribution >= 0.6 is 12.2 Å². The van der Waals surface area contributed by atoms with E-state index in [1.807, 2.05) is 48.8 Å².